The van der Waals surface area contributed by atoms with Crippen LogP contribution in [0.2, 0.25) is 5.02 Å². The van der Waals surface area contributed by atoms with E-state index in [4.69, 9.17) is 16.7 Å². The Balaban J connectivity index is 1.97. The van der Waals surface area contributed by atoms with Gasteiger partial charge in [-0.1, -0.05) is 0 Å². The second kappa shape index (κ2) is 6.07. The second-order valence-corrected chi connectivity index (χ2v) is 7.51. The molecule has 0 fully saturated rings. The second-order valence-electron chi connectivity index (χ2n) is 4.80. The molecule has 4 heteroatoms. The molecule has 0 radical (unpaired) electrons. The maximum atomic E-state index is 5.95. The summed E-state index contributed by atoms with van der Waals surface area (Å²) >= 11 is 6.19. The zero-order valence-corrected chi connectivity index (χ0v) is 14.3. The Morgan fingerprint density at radius 3 is 2.29 bits per heavy atom. The zero-order valence-electron chi connectivity index (χ0n) is 11.9. The molecule has 0 saturated heterocycles. The van der Waals surface area contributed by atoms with Gasteiger partial charge in [0.15, 0.2) is 0 Å². The van der Waals surface area contributed by atoms with E-state index in [0.717, 1.165) is 16.4 Å². The van der Waals surface area contributed by atoms with Crippen molar-refractivity contribution in [3.05, 3.63) is 71.0 Å². The molecule has 0 aliphatic heterocycles. The van der Waals surface area contributed by atoms with Crippen molar-refractivity contribution in [2.45, 2.75) is 13.8 Å². The van der Waals surface area contributed by atoms with Crippen LogP contribution in [-0.4, -0.2) is 24.7 Å². The van der Waals surface area contributed by atoms with E-state index >= 15 is 0 Å². The molecule has 0 aliphatic rings. The van der Waals surface area contributed by atoms with Gasteiger partial charge < -0.3 is 0 Å². The van der Waals surface area contributed by atoms with Crippen LogP contribution >= 0.6 is 11.6 Å². The summed E-state index contributed by atoms with van der Waals surface area (Å²) in [7, 11) is 0. The summed E-state index contributed by atoms with van der Waals surface area (Å²) in [5, 5.41) is 5.48. The average molecular weight is 362 g/mol. The van der Waals surface area contributed by atoms with Gasteiger partial charge in [-0.3, -0.25) is 0 Å². The van der Waals surface area contributed by atoms with Gasteiger partial charge in [0.2, 0.25) is 0 Å². The first-order valence-electron chi connectivity index (χ1n) is 6.70. The number of hydrogen-bond acceptors (Lipinski definition) is 1. The zero-order chi connectivity index (χ0) is 14.8. The van der Waals surface area contributed by atoms with Gasteiger partial charge in [0.05, 0.1) is 0 Å². The molecule has 0 atom stereocenters. The van der Waals surface area contributed by atoms with E-state index in [-0.39, 0.29) is 15.0 Å². The summed E-state index contributed by atoms with van der Waals surface area (Å²) < 4.78 is 4.68. The number of aromatic nitrogens is 2. The van der Waals surface area contributed by atoms with E-state index < -0.39 is 0 Å². The maximum absolute atomic E-state index is 5.95. The van der Waals surface area contributed by atoms with Gasteiger partial charge in [-0.25, -0.2) is 0 Å². The minimum atomic E-state index is 0.242. The third kappa shape index (κ3) is 3.05. The van der Waals surface area contributed by atoms with Crippen LogP contribution in [0.4, 0.5) is 0 Å². The Bertz CT molecular complexity index is 748. The van der Waals surface area contributed by atoms with E-state index in [0.29, 0.717) is 0 Å². The number of para-hydroxylation sites is 1. The van der Waals surface area contributed by atoms with Crippen molar-refractivity contribution in [1.29, 1.82) is 0 Å². The fourth-order valence-corrected chi connectivity index (χ4v) is 4.30. The van der Waals surface area contributed by atoms with Gasteiger partial charge in [0.25, 0.3) is 0 Å². The molecule has 106 valence electrons. The number of benzene rings is 2. The van der Waals surface area contributed by atoms with E-state index in [1.807, 2.05) is 35.0 Å². The molecule has 21 heavy (non-hydrogen) atoms. The van der Waals surface area contributed by atoms with Gasteiger partial charge in [0.1, 0.15) is 0 Å². The molecular formula is C17H15ClN2Se. The fourth-order valence-electron chi connectivity index (χ4n) is 2.22. The van der Waals surface area contributed by atoms with Gasteiger partial charge in [-0.15, -0.1) is 0 Å². The van der Waals surface area contributed by atoms with Crippen LogP contribution in [-0.2, 0) is 0 Å². The molecule has 0 amide bonds. The topological polar surface area (TPSA) is 17.8 Å². The first kappa shape index (κ1) is 14.4. The third-order valence-electron chi connectivity index (χ3n) is 3.26. The Morgan fingerprint density at radius 1 is 0.952 bits per heavy atom. The molecule has 1 heterocycles. The minimum absolute atomic E-state index is 0.242. The van der Waals surface area contributed by atoms with Crippen LogP contribution in [0.25, 0.3) is 5.69 Å². The molecule has 0 bridgehead atoms. The van der Waals surface area contributed by atoms with Gasteiger partial charge in [-0.2, -0.15) is 0 Å². The molecule has 3 rings (SSSR count). The van der Waals surface area contributed by atoms with Crippen molar-refractivity contribution in [3.8, 4) is 5.69 Å². The fraction of sp³-hybridized carbons (Fsp3) is 0.118. The normalized spacial score (nSPS) is 10.8. The van der Waals surface area contributed by atoms with E-state index in [2.05, 4.69) is 38.1 Å². The molecule has 0 N–H and O–H groups in total. The standard InChI is InChI=1S/C17H15ClN2Se/c1-12-17(21-16-10-8-14(18)9-11-16)13(2)20(19-12)15-6-4-3-5-7-15/h3-11H,1-2H3. The monoisotopic (exact) mass is 362 g/mol. The van der Waals surface area contributed by atoms with E-state index in [1.165, 1.54) is 14.6 Å². The van der Waals surface area contributed by atoms with Crippen LogP contribution in [0.3, 0.4) is 0 Å². The van der Waals surface area contributed by atoms with Crippen molar-refractivity contribution < 1.29 is 0 Å². The summed E-state index contributed by atoms with van der Waals surface area (Å²) in [6, 6.07) is 18.4. The van der Waals surface area contributed by atoms with E-state index in [1.54, 1.807) is 0 Å². The van der Waals surface area contributed by atoms with Crippen molar-refractivity contribution in [2.75, 3.05) is 0 Å². The molecule has 3 aromatic rings. The molecule has 2 aromatic carbocycles. The Kier molecular flexibility index (Phi) is 4.16. The van der Waals surface area contributed by atoms with Crippen molar-refractivity contribution in [1.82, 2.24) is 9.78 Å². The molecule has 0 saturated carbocycles. The number of rotatable bonds is 3. The molecule has 0 unspecified atom stereocenters. The number of halogens is 1. The summed E-state index contributed by atoms with van der Waals surface area (Å²) in [4.78, 5) is 0. The van der Waals surface area contributed by atoms with Crippen molar-refractivity contribution in [3.63, 3.8) is 0 Å². The van der Waals surface area contributed by atoms with Crippen LogP contribution in [0.15, 0.2) is 54.6 Å². The van der Waals surface area contributed by atoms with Crippen LogP contribution in [0.5, 0.6) is 0 Å². The Morgan fingerprint density at radius 2 is 1.62 bits per heavy atom. The summed E-state index contributed by atoms with van der Waals surface area (Å²) in [5.41, 5.74) is 3.43. The predicted octanol–water partition coefficient (Wildman–Crippen LogP) is 2.80. The molecular weight excluding hydrogens is 347 g/mol. The summed E-state index contributed by atoms with van der Waals surface area (Å²) in [6.07, 6.45) is 0. The number of aryl methyl sites for hydroxylation is 1. The quantitative estimate of drug-likeness (QED) is 0.656. The SMILES string of the molecule is Cc1nn(-c2ccccc2)c(C)c1[Se]c1ccc(Cl)cc1. The molecule has 1 aromatic heterocycles. The van der Waals surface area contributed by atoms with Gasteiger partial charge >= 0.3 is 136 Å². The number of hydrogen-bond donors (Lipinski definition) is 0. The first-order chi connectivity index (χ1) is 10.1. The Hall–Kier alpha value is -1.54. The number of nitrogens with zero attached hydrogens (tertiary/aromatic N) is 2. The predicted molar refractivity (Wildman–Crippen MR) is 89.5 cm³/mol. The summed E-state index contributed by atoms with van der Waals surface area (Å²) in [6.45, 7) is 4.22. The van der Waals surface area contributed by atoms with Crippen molar-refractivity contribution in [2.24, 2.45) is 0 Å². The van der Waals surface area contributed by atoms with Crippen LogP contribution < -0.4 is 8.92 Å². The molecule has 2 nitrogen and oxygen atoms in total. The molecule has 0 spiro atoms. The van der Waals surface area contributed by atoms with Crippen molar-refractivity contribution >= 4 is 35.5 Å². The van der Waals surface area contributed by atoms with Crippen LogP contribution in [0, 0.1) is 13.8 Å². The third-order valence-corrected chi connectivity index (χ3v) is 6.24. The van der Waals surface area contributed by atoms with Gasteiger partial charge in [-0.05, 0) is 0 Å². The first-order valence-corrected chi connectivity index (χ1v) is 8.79. The van der Waals surface area contributed by atoms with E-state index in [9.17, 15) is 0 Å². The van der Waals surface area contributed by atoms with Crippen LogP contribution in [0.1, 0.15) is 11.4 Å². The average Bonchev–Trinajstić information content (AvgIpc) is 2.78. The molecule has 0 aliphatic carbocycles. The van der Waals surface area contributed by atoms with Gasteiger partial charge in [0, 0.05) is 0 Å². The summed E-state index contributed by atoms with van der Waals surface area (Å²) in [5.74, 6) is 0. The Labute approximate surface area is 135 Å².